The number of nitro benzene ring substituents is 1. The number of hydrogen-bond donors (Lipinski definition) is 0. The van der Waals surface area contributed by atoms with Crippen LogP contribution in [0.5, 0.6) is 0 Å². The van der Waals surface area contributed by atoms with Gasteiger partial charge in [0.2, 0.25) is 15.9 Å². The van der Waals surface area contributed by atoms with Crippen LogP contribution in [0.4, 0.5) is 5.69 Å². The Kier molecular flexibility index (Phi) is 6.15. The lowest BCUT2D eigenvalue weighted by molar-refractivity contribution is -0.384. The minimum absolute atomic E-state index is 0.0143. The molecule has 1 amide bonds. The average Bonchev–Trinajstić information content (AvgIpc) is 2.80. The summed E-state index contributed by atoms with van der Waals surface area (Å²) in [6.07, 6.45) is 1.17. The van der Waals surface area contributed by atoms with E-state index in [0.29, 0.717) is 0 Å². The molecule has 0 bridgehead atoms. The second kappa shape index (κ2) is 8.89. The molecule has 0 saturated carbocycles. The van der Waals surface area contributed by atoms with Gasteiger partial charge in [-0.2, -0.15) is 4.31 Å². The van der Waals surface area contributed by atoms with Gasteiger partial charge in [0.05, 0.1) is 27.2 Å². The molecule has 0 radical (unpaired) electrons. The fourth-order valence-corrected chi connectivity index (χ4v) is 5.50. The second-order valence-electron chi connectivity index (χ2n) is 7.35. The summed E-state index contributed by atoms with van der Waals surface area (Å²) in [5, 5.41) is 11.2. The third kappa shape index (κ3) is 4.45. The third-order valence-electron chi connectivity index (χ3n) is 5.37. The summed E-state index contributed by atoms with van der Waals surface area (Å²) in [5.41, 5.74) is -0.521. The van der Waals surface area contributed by atoms with Crippen molar-refractivity contribution in [1.29, 1.82) is 0 Å². The van der Waals surface area contributed by atoms with E-state index in [1.807, 2.05) is 0 Å². The molecule has 33 heavy (non-hydrogen) atoms. The van der Waals surface area contributed by atoms with Crippen LogP contribution in [0, 0.1) is 10.1 Å². The van der Waals surface area contributed by atoms with Gasteiger partial charge in [-0.25, -0.2) is 13.4 Å². The van der Waals surface area contributed by atoms with Crippen LogP contribution in [-0.2, 0) is 21.4 Å². The highest BCUT2D eigenvalue weighted by Crippen LogP contribution is 2.25. The predicted molar refractivity (Wildman–Crippen MR) is 119 cm³/mol. The van der Waals surface area contributed by atoms with Gasteiger partial charge in [0.25, 0.3) is 11.2 Å². The van der Waals surface area contributed by atoms with Crippen molar-refractivity contribution in [3.8, 4) is 0 Å². The molecule has 1 aliphatic heterocycles. The number of carbonyl (C=O) groups excluding carboxylic acids is 1. The average molecular weight is 492 g/mol. The Hall–Kier alpha value is -3.35. The number of piperazine rings is 1. The van der Waals surface area contributed by atoms with Crippen LogP contribution in [0.1, 0.15) is 0 Å². The second-order valence-corrected chi connectivity index (χ2v) is 9.67. The number of nitrogens with zero attached hydrogens (tertiary/aromatic N) is 5. The molecule has 1 saturated heterocycles. The summed E-state index contributed by atoms with van der Waals surface area (Å²) in [4.78, 5) is 41.3. The number of carbonyl (C=O) groups is 1. The Morgan fingerprint density at radius 2 is 1.82 bits per heavy atom. The van der Waals surface area contributed by atoms with Crippen LogP contribution in [0.15, 0.2) is 58.5 Å². The van der Waals surface area contributed by atoms with Crippen molar-refractivity contribution in [2.45, 2.75) is 11.4 Å². The number of rotatable bonds is 5. The van der Waals surface area contributed by atoms with Gasteiger partial charge >= 0.3 is 0 Å². The molecule has 172 valence electrons. The lowest BCUT2D eigenvalue weighted by atomic mass is 10.2. The number of non-ortho nitro benzene ring substituents is 1. The lowest BCUT2D eigenvalue weighted by Gasteiger charge is -2.34. The van der Waals surface area contributed by atoms with Crippen LogP contribution in [-0.4, -0.2) is 64.2 Å². The van der Waals surface area contributed by atoms with Crippen LogP contribution in [0.3, 0.4) is 0 Å². The van der Waals surface area contributed by atoms with Gasteiger partial charge in [-0.05, 0) is 18.2 Å². The number of benzene rings is 2. The van der Waals surface area contributed by atoms with Gasteiger partial charge in [0, 0.05) is 38.3 Å². The van der Waals surface area contributed by atoms with E-state index in [1.54, 1.807) is 12.1 Å². The fraction of sp³-hybridized carbons (Fsp3) is 0.250. The summed E-state index contributed by atoms with van der Waals surface area (Å²) in [6, 6.07) is 9.87. The summed E-state index contributed by atoms with van der Waals surface area (Å²) in [6.45, 7) is 0.215. The van der Waals surface area contributed by atoms with Crippen molar-refractivity contribution in [2.75, 3.05) is 26.2 Å². The fourth-order valence-electron chi connectivity index (χ4n) is 3.59. The first kappa shape index (κ1) is 22.8. The molecule has 0 N–H and O–H groups in total. The van der Waals surface area contributed by atoms with Gasteiger partial charge in [-0.3, -0.25) is 24.3 Å². The van der Waals surface area contributed by atoms with Gasteiger partial charge < -0.3 is 4.90 Å². The number of amides is 1. The van der Waals surface area contributed by atoms with E-state index in [2.05, 4.69) is 4.98 Å². The van der Waals surface area contributed by atoms with Crippen molar-refractivity contribution in [1.82, 2.24) is 18.8 Å². The van der Waals surface area contributed by atoms with E-state index in [4.69, 9.17) is 11.6 Å². The van der Waals surface area contributed by atoms with Crippen LogP contribution in [0.25, 0.3) is 10.9 Å². The zero-order chi connectivity index (χ0) is 23.8. The monoisotopic (exact) mass is 491 g/mol. The SMILES string of the molecule is O=C(Cn1cnc2cc([N+](=O)[O-])ccc2c1=O)N1CCN(S(=O)(=O)c2ccccc2Cl)CC1. The van der Waals surface area contributed by atoms with Crippen molar-refractivity contribution >= 4 is 44.1 Å². The molecule has 2 heterocycles. The van der Waals surface area contributed by atoms with Gasteiger partial charge in [-0.1, -0.05) is 23.7 Å². The Balaban J connectivity index is 1.45. The first-order chi connectivity index (χ1) is 15.7. The molecule has 13 heteroatoms. The van der Waals surface area contributed by atoms with Gasteiger partial charge in [0.1, 0.15) is 11.4 Å². The summed E-state index contributed by atoms with van der Waals surface area (Å²) in [5.74, 6) is -0.366. The normalized spacial score (nSPS) is 15.0. The number of aromatic nitrogens is 2. The minimum Gasteiger partial charge on any atom is -0.338 e. The number of halogens is 1. The molecule has 11 nitrogen and oxygen atoms in total. The van der Waals surface area contributed by atoms with Crippen LogP contribution >= 0.6 is 11.6 Å². The van der Waals surface area contributed by atoms with E-state index < -0.39 is 20.5 Å². The standard InChI is InChI=1S/C20H18ClN5O6S/c21-16-3-1-2-4-18(16)33(31,32)25-9-7-23(8-10-25)19(27)12-24-13-22-17-11-14(26(29)30)5-6-15(17)20(24)28/h1-6,11,13H,7-10,12H2. The molecular formula is C20H18ClN5O6S. The molecule has 0 unspecified atom stereocenters. The summed E-state index contributed by atoms with van der Waals surface area (Å²) >= 11 is 6.04. The highest BCUT2D eigenvalue weighted by Gasteiger charge is 2.31. The zero-order valence-electron chi connectivity index (χ0n) is 17.1. The quantitative estimate of drug-likeness (QED) is 0.389. The number of nitro groups is 1. The first-order valence-corrected chi connectivity index (χ1v) is 11.7. The maximum absolute atomic E-state index is 12.9. The summed E-state index contributed by atoms with van der Waals surface area (Å²) in [7, 11) is -3.79. The number of fused-ring (bicyclic) bond motifs is 1. The van der Waals surface area contributed by atoms with Crippen molar-refractivity contribution in [3.05, 3.63) is 74.3 Å². The number of hydrogen-bond acceptors (Lipinski definition) is 7. The topological polar surface area (TPSA) is 136 Å². The Bertz CT molecular complexity index is 1420. The molecule has 0 spiro atoms. The van der Waals surface area contributed by atoms with E-state index in [-0.39, 0.29) is 65.1 Å². The molecule has 1 fully saturated rings. The van der Waals surface area contributed by atoms with Gasteiger partial charge in [0.15, 0.2) is 0 Å². The van der Waals surface area contributed by atoms with E-state index in [1.165, 1.54) is 45.9 Å². The van der Waals surface area contributed by atoms with E-state index in [0.717, 1.165) is 4.57 Å². The molecular weight excluding hydrogens is 474 g/mol. The smallest absolute Gasteiger partial charge is 0.271 e. The molecule has 2 aromatic carbocycles. The van der Waals surface area contributed by atoms with Crippen LogP contribution in [0.2, 0.25) is 5.02 Å². The zero-order valence-corrected chi connectivity index (χ0v) is 18.7. The molecule has 3 aromatic rings. The first-order valence-electron chi connectivity index (χ1n) is 9.84. The van der Waals surface area contributed by atoms with Crippen LogP contribution < -0.4 is 5.56 Å². The van der Waals surface area contributed by atoms with Crippen molar-refractivity contribution < 1.29 is 18.1 Å². The molecule has 1 aliphatic rings. The number of sulfonamides is 1. The third-order valence-corrected chi connectivity index (χ3v) is 7.77. The lowest BCUT2D eigenvalue weighted by Crippen LogP contribution is -2.51. The molecule has 0 atom stereocenters. The maximum atomic E-state index is 12.9. The van der Waals surface area contributed by atoms with Crippen molar-refractivity contribution in [2.24, 2.45) is 0 Å². The highest BCUT2D eigenvalue weighted by atomic mass is 35.5. The molecule has 1 aromatic heterocycles. The van der Waals surface area contributed by atoms with Gasteiger partial charge in [-0.15, -0.1) is 0 Å². The highest BCUT2D eigenvalue weighted by molar-refractivity contribution is 7.89. The maximum Gasteiger partial charge on any atom is 0.271 e. The van der Waals surface area contributed by atoms with Crippen molar-refractivity contribution in [3.63, 3.8) is 0 Å². The molecule has 4 rings (SSSR count). The van der Waals surface area contributed by atoms with E-state index >= 15 is 0 Å². The Morgan fingerprint density at radius 3 is 2.48 bits per heavy atom. The van der Waals surface area contributed by atoms with E-state index in [9.17, 15) is 28.1 Å². The largest absolute Gasteiger partial charge is 0.338 e. The minimum atomic E-state index is -3.79. The predicted octanol–water partition coefficient (Wildman–Crippen LogP) is 1.49. The Morgan fingerprint density at radius 1 is 1.12 bits per heavy atom. The molecule has 0 aliphatic carbocycles. The summed E-state index contributed by atoms with van der Waals surface area (Å²) < 4.78 is 28.1. The Labute approximate surface area is 193 Å².